The van der Waals surface area contributed by atoms with E-state index < -0.39 is 96.5 Å². The van der Waals surface area contributed by atoms with Crippen molar-refractivity contribution in [2.45, 2.75) is 49.1 Å². The summed E-state index contributed by atoms with van der Waals surface area (Å²) in [7, 11) is -8.42. The standard InChI is InChI=1S/C22H30BN10O17P3/c1-30-5-32(15-9(30)17(38)28-21(24)26-15)19-13(36)11(34)7(47-19)3-45-52(41,42)49-51(23,40)50-53(43,44)46-4-8-12(35)14(37)20(48-8)33-6-31(2)10-16(33)27-22(25)29-18(10)39/h5-8,11-14,19-20,34-37H,3-4H2,1-2H3,(H6-2,24,25,26,27,28,29,38,39,41,42,43,44)/q-1/p+2/t7-,8-,11-,12-,13-,14-,19-,20-/m1/s1. The number of fused-ring (bicyclic) bond motifs is 2. The maximum Gasteiger partial charge on any atom is 0.476 e. The third-order valence-corrected chi connectivity index (χ3v) is 12.5. The number of aliphatic hydroxyl groups excluding tert-OH is 4. The summed E-state index contributed by atoms with van der Waals surface area (Å²) in [6, 6.07) is 0. The van der Waals surface area contributed by atoms with Crippen molar-refractivity contribution in [2.75, 3.05) is 24.7 Å². The van der Waals surface area contributed by atoms with Gasteiger partial charge >= 0.3 is 26.9 Å². The Bertz CT molecular complexity index is 2180. The smallest absolute Gasteiger partial charge is 0.442 e. The van der Waals surface area contributed by atoms with Crippen LogP contribution in [0.5, 0.6) is 0 Å². The predicted molar refractivity (Wildman–Crippen MR) is 171 cm³/mol. The molecule has 53 heavy (non-hydrogen) atoms. The van der Waals surface area contributed by atoms with Crippen molar-refractivity contribution in [3.8, 4) is 0 Å². The lowest BCUT2D eigenvalue weighted by Gasteiger charge is -2.29. The number of aliphatic hydroxyl groups is 4. The van der Waals surface area contributed by atoms with Gasteiger partial charge in [-0.15, -0.1) is 0 Å². The van der Waals surface area contributed by atoms with Crippen molar-refractivity contribution in [3.63, 3.8) is 0 Å². The lowest BCUT2D eigenvalue weighted by Crippen LogP contribution is -2.46. The first-order valence-electron chi connectivity index (χ1n) is 14.9. The van der Waals surface area contributed by atoms with Gasteiger partial charge in [0, 0.05) is 0 Å². The van der Waals surface area contributed by atoms with E-state index in [2.05, 4.69) is 37.6 Å². The third-order valence-electron chi connectivity index (χ3n) is 8.04. The number of phosphoric ester groups is 2. The van der Waals surface area contributed by atoms with E-state index in [-0.39, 0.29) is 34.2 Å². The maximum atomic E-state index is 12.7. The zero-order chi connectivity index (χ0) is 38.9. The summed E-state index contributed by atoms with van der Waals surface area (Å²) in [6.45, 7) is -2.05. The second kappa shape index (κ2) is 14.0. The number of nitrogen functional groups attached to an aromatic ring is 2. The molecular formula is C22H32BN10O17P3+. The fraction of sp³-hybridized carbons (Fsp3) is 0.545. The Kier molecular flexibility index (Phi) is 10.4. The summed E-state index contributed by atoms with van der Waals surface area (Å²) >= 11 is 0. The molecule has 3 radical (unpaired) electrons. The van der Waals surface area contributed by atoms with Crippen molar-refractivity contribution in [2.24, 2.45) is 14.1 Å². The van der Waals surface area contributed by atoms with Crippen LogP contribution < -0.4 is 31.7 Å². The molecule has 6 rings (SSSR count). The molecular weight excluding hydrogens is 780 g/mol. The largest absolute Gasteiger partial charge is 0.476 e. The first-order chi connectivity index (χ1) is 24.6. The van der Waals surface area contributed by atoms with Gasteiger partial charge in [0.25, 0.3) is 23.0 Å². The normalized spacial score (nSPS) is 29.8. The number of nitrogens with one attached hydrogen (secondary N) is 2. The van der Waals surface area contributed by atoms with Gasteiger partial charge in [-0.05, 0) is 0 Å². The maximum absolute atomic E-state index is 12.7. The van der Waals surface area contributed by atoms with Crippen LogP contribution in [0.2, 0.25) is 0 Å². The number of phosphoric acid groups is 2. The minimum absolute atomic E-state index is 0.0253. The third kappa shape index (κ3) is 7.75. The lowest BCUT2D eigenvalue weighted by molar-refractivity contribution is -0.746. The highest BCUT2D eigenvalue weighted by atomic mass is 31.3. The van der Waals surface area contributed by atoms with Crippen LogP contribution in [-0.4, -0.2) is 117 Å². The number of aryl methyl sites for hydroxylation is 2. The molecule has 31 heteroatoms. The average Bonchev–Trinajstić information content (AvgIpc) is 3.71. The number of nitrogens with zero attached hydrogens (tertiary/aromatic N) is 6. The van der Waals surface area contributed by atoms with E-state index >= 15 is 0 Å². The van der Waals surface area contributed by atoms with Crippen LogP contribution in [0.25, 0.3) is 22.3 Å². The van der Waals surface area contributed by atoms with Gasteiger partial charge in [-0.25, -0.2) is 26.9 Å². The van der Waals surface area contributed by atoms with Crippen molar-refractivity contribution in [1.82, 2.24) is 29.1 Å². The van der Waals surface area contributed by atoms with E-state index in [1.54, 1.807) is 0 Å². The minimum Gasteiger partial charge on any atom is -0.442 e. The average molecular weight is 812 g/mol. The summed E-state index contributed by atoms with van der Waals surface area (Å²) in [6.07, 6.45) is -10.4. The molecule has 6 heterocycles. The summed E-state index contributed by atoms with van der Waals surface area (Å²) < 4.78 is 71.9. The summed E-state index contributed by atoms with van der Waals surface area (Å²) in [5, 5.41) is 42.4. The molecule has 0 aromatic carbocycles. The molecule has 2 unspecified atom stereocenters. The van der Waals surface area contributed by atoms with Crippen LogP contribution in [0.4, 0.5) is 11.9 Å². The molecule has 12 N–H and O–H groups in total. The zero-order valence-electron chi connectivity index (χ0n) is 27.1. The van der Waals surface area contributed by atoms with E-state index in [1.807, 2.05) is 0 Å². The van der Waals surface area contributed by atoms with E-state index in [4.69, 9.17) is 28.5 Å². The number of ether oxygens (including phenoxy) is 2. The highest BCUT2D eigenvalue weighted by molar-refractivity contribution is 7.86. The minimum atomic E-state index is -5.56. The molecule has 10 atom stereocenters. The van der Waals surface area contributed by atoms with Crippen LogP contribution >= 0.6 is 23.1 Å². The van der Waals surface area contributed by atoms with Gasteiger partial charge in [-0.2, -0.15) is 0 Å². The molecule has 2 fully saturated rings. The highest BCUT2D eigenvalue weighted by Crippen LogP contribution is 2.67. The number of aromatic amines is 2. The van der Waals surface area contributed by atoms with E-state index in [1.165, 1.54) is 45.0 Å². The molecule has 4 aromatic heterocycles. The number of nitrogens with two attached hydrogens (primary N) is 2. The predicted octanol–water partition coefficient (Wildman–Crippen LogP) is -4.94. The van der Waals surface area contributed by atoms with Gasteiger partial charge in [0.15, 0.2) is 12.7 Å². The number of anilines is 2. The molecule has 0 amide bonds. The second-order valence-corrected chi connectivity index (χ2v) is 16.6. The van der Waals surface area contributed by atoms with Gasteiger partial charge in [-0.3, -0.25) is 37.7 Å². The Balaban J connectivity index is 1.05. The summed E-state index contributed by atoms with van der Waals surface area (Å²) in [4.78, 5) is 57.6. The zero-order valence-corrected chi connectivity index (χ0v) is 29.8. The Morgan fingerprint density at radius 3 is 1.49 bits per heavy atom. The van der Waals surface area contributed by atoms with Gasteiger partial charge in [-0.1, -0.05) is 9.97 Å². The van der Waals surface area contributed by atoms with Gasteiger partial charge in [0.05, 0.1) is 34.8 Å². The van der Waals surface area contributed by atoms with Crippen LogP contribution in [-0.2, 0) is 54.9 Å². The quantitative estimate of drug-likeness (QED) is 0.0364. The van der Waals surface area contributed by atoms with Crippen LogP contribution in [0.3, 0.4) is 0 Å². The molecule has 2 saturated heterocycles. The molecule has 0 bridgehead atoms. The Morgan fingerprint density at radius 1 is 0.774 bits per heavy atom. The first-order valence-corrected chi connectivity index (χ1v) is 19.5. The molecule has 2 aliphatic heterocycles. The van der Waals surface area contributed by atoms with Gasteiger partial charge < -0.3 is 63.3 Å². The topological polar surface area (TPSA) is 389 Å². The Morgan fingerprint density at radius 2 is 1.13 bits per heavy atom. The molecule has 289 valence electrons. The van der Waals surface area contributed by atoms with Crippen molar-refractivity contribution >= 4 is 64.9 Å². The molecule has 2 aliphatic rings. The number of imidazole rings is 2. The number of aromatic nitrogens is 8. The summed E-state index contributed by atoms with van der Waals surface area (Å²) in [5.41, 5.74) is 9.95. The van der Waals surface area contributed by atoms with Gasteiger partial charge in [0.2, 0.25) is 23.5 Å². The monoisotopic (exact) mass is 812 g/mol. The van der Waals surface area contributed by atoms with E-state index in [0.29, 0.717) is 0 Å². The number of rotatable bonds is 12. The number of hydrogen-bond donors (Lipinski definition) is 10. The molecule has 0 spiro atoms. The number of H-pyrrole nitrogens is 2. The fourth-order valence-corrected chi connectivity index (χ4v) is 9.53. The number of hydrogen-bond acceptors (Lipinski definition) is 19. The second-order valence-electron chi connectivity index (χ2n) is 11.8. The first kappa shape index (κ1) is 39.3. The van der Waals surface area contributed by atoms with Crippen LogP contribution in [0, 0.1) is 0 Å². The molecule has 4 aromatic rings. The van der Waals surface area contributed by atoms with E-state index in [0.717, 1.165) is 0 Å². The van der Waals surface area contributed by atoms with E-state index in [9.17, 15) is 53.5 Å². The summed E-state index contributed by atoms with van der Waals surface area (Å²) in [5.74, 6) is -0.534. The fourth-order valence-electron chi connectivity index (χ4n) is 5.79. The molecule has 27 nitrogen and oxygen atoms in total. The van der Waals surface area contributed by atoms with Crippen LogP contribution in [0.1, 0.15) is 12.5 Å². The SMILES string of the molecule is [B-]P(=O)(OP(=O)(O)OC[C@H]1O[C@@H]([n+]2cn(C)c3c(=O)[nH]c(N)nc32)[C@H](O)[C@@H]1O)OP(=O)(O)OC[C@H]1O[C@@H]([n+]2cn(C)c3c(=O)[nH]c(N)nc32)[C@H](O)[C@@H]1O. The van der Waals surface area contributed by atoms with Crippen molar-refractivity contribution in [1.29, 1.82) is 0 Å². The Hall–Kier alpha value is -3.43. The van der Waals surface area contributed by atoms with Crippen molar-refractivity contribution in [3.05, 3.63) is 33.4 Å². The molecule has 0 aliphatic carbocycles. The van der Waals surface area contributed by atoms with Gasteiger partial charge in [0.1, 0.15) is 36.6 Å². The van der Waals surface area contributed by atoms with Crippen LogP contribution in [0.15, 0.2) is 22.2 Å². The molecule has 0 saturated carbocycles. The Labute approximate surface area is 295 Å². The highest BCUT2D eigenvalue weighted by Gasteiger charge is 2.49. The van der Waals surface area contributed by atoms with Crippen molar-refractivity contribution < 1.29 is 80.2 Å². The lowest BCUT2D eigenvalue weighted by atomic mass is 10.1.